The van der Waals surface area contributed by atoms with Crippen LogP contribution in [0.2, 0.25) is 0 Å². The van der Waals surface area contributed by atoms with Crippen molar-refractivity contribution < 1.29 is 9.59 Å². The number of hydrogen-bond acceptors (Lipinski definition) is 5. The fourth-order valence-corrected chi connectivity index (χ4v) is 3.23. The number of imide groups is 1. The summed E-state index contributed by atoms with van der Waals surface area (Å²) in [7, 11) is 0. The van der Waals surface area contributed by atoms with Crippen molar-refractivity contribution >= 4 is 23.7 Å². The number of aromatic nitrogens is 3. The number of nitrogens with zero attached hydrogens (tertiary/aromatic N) is 2. The van der Waals surface area contributed by atoms with Gasteiger partial charge in [-0.25, -0.2) is 9.78 Å². The van der Waals surface area contributed by atoms with Gasteiger partial charge < -0.3 is 5.32 Å². The molecule has 120 valence electrons. The third-order valence-corrected chi connectivity index (χ3v) is 4.82. The zero-order chi connectivity index (χ0) is 15.4. The number of amides is 3. The number of nitrogens with one attached hydrogen (secondary N) is 3. The van der Waals surface area contributed by atoms with E-state index < -0.39 is 6.03 Å². The number of hydrogen-bond donors (Lipinski definition) is 3. The van der Waals surface area contributed by atoms with Gasteiger partial charge in [-0.05, 0) is 25.7 Å². The van der Waals surface area contributed by atoms with Gasteiger partial charge in [0.25, 0.3) is 0 Å². The second-order valence-corrected chi connectivity index (χ2v) is 6.87. The van der Waals surface area contributed by atoms with E-state index in [1.807, 2.05) is 0 Å². The van der Waals surface area contributed by atoms with E-state index in [9.17, 15) is 9.59 Å². The molecule has 2 fully saturated rings. The number of carbonyl (C=O) groups excluding carboxylic acids is 2. The number of rotatable bonds is 5. The molecular weight excluding hydrogens is 302 g/mol. The van der Waals surface area contributed by atoms with Crippen molar-refractivity contribution in [2.45, 2.75) is 62.1 Å². The molecule has 0 bridgehead atoms. The van der Waals surface area contributed by atoms with Gasteiger partial charge in [-0.3, -0.25) is 15.2 Å². The predicted molar refractivity (Wildman–Crippen MR) is 82.6 cm³/mol. The summed E-state index contributed by atoms with van der Waals surface area (Å²) in [6.45, 7) is 0. The number of carbonyl (C=O) groups is 2. The third kappa shape index (κ3) is 4.46. The Labute approximate surface area is 133 Å². The minimum atomic E-state index is -0.397. The van der Waals surface area contributed by atoms with Gasteiger partial charge in [0.2, 0.25) is 11.1 Å². The monoisotopic (exact) mass is 323 g/mol. The topological polar surface area (TPSA) is 99.8 Å². The Bertz CT molecular complexity index is 537. The third-order valence-electron chi connectivity index (χ3n) is 3.97. The first-order valence-electron chi connectivity index (χ1n) is 7.86. The molecule has 1 aromatic rings. The van der Waals surface area contributed by atoms with E-state index in [1.54, 1.807) is 0 Å². The lowest BCUT2D eigenvalue weighted by Gasteiger charge is -2.22. The molecule has 3 amide bonds. The van der Waals surface area contributed by atoms with Crippen molar-refractivity contribution in [2.75, 3.05) is 5.75 Å². The van der Waals surface area contributed by atoms with E-state index in [4.69, 9.17) is 0 Å². The smallest absolute Gasteiger partial charge is 0.321 e. The molecule has 1 heterocycles. The number of urea groups is 1. The fraction of sp³-hybridized carbons (Fsp3) is 0.714. The highest BCUT2D eigenvalue weighted by Crippen LogP contribution is 2.38. The molecule has 0 atom stereocenters. The molecule has 0 spiro atoms. The van der Waals surface area contributed by atoms with Crippen molar-refractivity contribution in [3.8, 4) is 0 Å². The SMILES string of the molecule is O=C(CSc1n[nH]c(C2CC2)n1)NC(=O)NC1CCCCC1. The van der Waals surface area contributed by atoms with Gasteiger partial charge in [0.1, 0.15) is 5.82 Å². The second-order valence-electron chi connectivity index (χ2n) is 5.92. The molecule has 0 unspecified atom stereocenters. The molecular formula is C14H21N5O2S. The molecule has 0 radical (unpaired) electrons. The van der Waals surface area contributed by atoms with Gasteiger partial charge in [0.15, 0.2) is 0 Å². The van der Waals surface area contributed by atoms with E-state index in [1.165, 1.54) is 18.2 Å². The summed E-state index contributed by atoms with van der Waals surface area (Å²) in [5, 5.41) is 12.7. The average molecular weight is 323 g/mol. The highest BCUT2D eigenvalue weighted by Gasteiger charge is 2.27. The lowest BCUT2D eigenvalue weighted by Crippen LogP contribution is -2.45. The first-order chi connectivity index (χ1) is 10.7. The minimum Gasteiger partial charge on any atom is -0.335 e. The van der Waals surface area contributed by atoms with Crippen molar-refractivity contribution in [1.29, 1.82) is 0 Å². The molecule has 2 saturated carbocycles. The average Bonchev–Trinajstić information content (AvgIpc) is 3.25. The van der Waals surface area contributed by atoms with Crippen LogP contribution in [0.3, 0.4) is 0 Å². The first-order valence-corrected chi connectivity index (χ1v) is 8.84. The Hall–Kier alpha value is -1.57. The normalized spacial score (nSPS) is 18.9. The van der Waals surface area contributed by atoms with Crippen LogP contribution in [-0.4, -0.2) is 38.9 Å². The summed E-state index contributed by atoms with van der Waals surface area (Å²) in [6, 6.07) is -0.200. The van der Waals surface area contributed by atoms with Crippen LogP contribution in [0, 0.1) is 0 Å². The molecule has 1 aromatic heterocycles. The highest BCUT2D eigenvalue weighted by atomic mass is 32.2. The van der Waals surface area contributed by atoms with E-state index in [-0.39, 0.29) is 17.7 Å². The van der Waals surface area contributed by atoms with Crippen LogP contribution in [0.1, 0.15) is 56.7 Å². The Morgan fingerprint density at radius 1 is 1.18 bits per heavy atom. The van der Waals surface area contributed by atoms with E-state index >= 15 is 0 Å². The van der Waals surface area contributed by atoms with Crippen molar-refractivity contribution in [3.63, 3.8) is 0 Å². The van der Waals surface area contributed by atoms with Gasteiger partial charge in [-0.2, -0.15) is 0 Å². The summed E-state index contributed by atoms with van der Waals surface area (Å²) < 4.78 is 0. The van der Waals surface area contributed by atoms with E-state index in [0.29, 0.717) is 11.1 Å². The van der Waals surface area contributed by atoms with Crippen LogP contribution in [-0.2, 0) is 4.79 Å². The van der Waals surface area contributed by atoms with Gasteiger partial charge in [0, 0.05) is 12.0 Å². The molecule has 7 nitrogen and oxygen atoms in total. The van der Waals surface area contributed by atoms with Crippen molar-refractivity contribution in [1.82, 2.24) is 25.8 Å². The van der Waals surface area contributed by atoms with Crippen LogP contribution < -0.4 is 10.6 Å². The van der Waals surface area contributed by atoms with Crippen molar-refractivity contribution in [3.05, 3.63) is 5.82 Å². The standard InChI is InChI=1S/C14H21N5O2S/c20-11(16-13(21)15-10-4-2-1-3-5-10)8-22-14-17-12(18-19-14)9-6-7-9/h9-10H,1-8H2,(H,17,18,19)(H2,15,16,20,21). The molecule has 3 N–H and O–H groups in total. The number of H-pyrrole nitrogens is 1. The van der Waals surface area contributed by atoms with E-state index in [2.05, 4.69) is 25.8 Å². The lowest BCUT2D eigenvalue weighted by molar-refractivity contribution is -0.117. The van der Waals surface area contributed by atoms with Gasteiger partial charge in [-0.15, -0.1) is 5.10 Å². The van der Waals surface area contributed by atoms with Crippen LogP contribution in [0.5, 0.6) is 0 Å². The molecule has 2 aliphatic carbocycles. The maximum Gasteiger partial charge on any atom is 0.321 e. The van der Waals surface area contributed by atoms with E-state index in [0.717, 1.165) is 44.3 Å². The number of aromatic amines is 1. The zero-order valence-electron chi connectivity index (χ0n) is 12.4. The quantitative estimate of drug-likeness (QED) is 0.719. The van der Waals surface area contributed by atoms with Gasteiger partial charge >= 0.3 is 6.03 Å². The highest BCUT2D eigenvalue weighted by molar-refractivity contribution is 7.99. The maximum absolute atomic E-state index is 11.8. The Morgan fingerprint density at radius 3 is 2.68 bits per heavy atom. The first kappa shape index (κ1) is 15.3. The summed E-state index contributed by atoms with van der Waals surface area (Å²) in [4.78, 5) is 27.8. The molecule has 0 aliphatic heterocycles. The van der Waals surface area contributed by atoms with Crippen LogP contribution in [0.25, 0.3) is 0 Å². The predicted octanol–water partition coefficient (Wildman–Crippen LogP) is 1.93. The molecule has 22 heavy (non-hydrogen) atoms. The Balaban J connectivity index is 1.36. The maximum atomic E-state index is 11.8. The molecule has 0 saturated heterocycles. The summed E-state index contributed by atoms with van der Waals surface area (Å²) in [5.41, 5.74) is 0. The molecule has 0 aromatic carbocycles. The molecule has 8 heteroatoms. The minimum absolute atomic E-state index is 0.139. The number of thioether (sulfide) groups is 1. The Morgan fingerprint density at radius 2 is 1.95 bits per heavy atom. The van der Waals surface area contributed by atoms with Gasteiger partial charge in [-0.1, -0.05) is 31.0 Å². The summed E-state index contributed by atoms with van der Waals surface area (Å²) in [5.74, 6) is 1.23. The lowest BCUT2D eigenvalue weighted by atomic mass is 9.96. The van der Waals surface area contributed by atoms with Gasteiger partial charge in [0.05, 0.1) is 5.75 Å². The fourth-order valence-electron chi connectivity index (χ4n) is 2.62. The van der Waals surface area contributed by atoms with Crippen LogP contribution >= 0.6 is 11.8 Å². The largest absolute Gasteiger partial charge is 0.335 e. The molecule has 3 rings (SSSR count). The molecule has 2 aliphatic rings. The van der Waals surface area contributed by atoms with Crippen LogP contribution in [0.15, 0.2) is 5.16 Å². The zero-order valence-corrected chi connectivity index (χ0v) is 13.2. The Kier molecular flexibility index (Phi) is 4.97. The summed E-state index contributed by atoms with van der Waals surface area (Å²) >= 11 is 1.24. The summed E-state index contributed by atoms with van der Waals surface area (Å²) in [6.07, 6.45) is 7.82. The van der Waals surface area contributed by atoms with Crippen LogP contribution in [0.4, 0.5) is 4.79 Å². The van der Waals surface area contributed by atoms with Crippen molar-refractivity contribution in [2.24, 2.45) is 0 Å². The second kappa shape index (κ2) is 7.13.